The van der Waals surface area contributed by atoms with Gasteiger partial charge in [0.2, 0.25) is 6.04 Å². The second-order valence-electron chi connectivity index (χ2n) is 7.71. The van der Waals surface area contributed by atoms with Crippen LogP contribution in [0.25, 0.3) is 0 Å². The number of carboxylic acid groups (broad SMARTS) is 1. The smallest absolute Gasteiger partial charge is 0.336 e. The lowest BCUT2D eigenvalue weighted by Crippen LogP contribution is -2.59. The van der Waals surface area contributed by atoms with E-state index in [0.29, 0.717) is 30.5 Å². The fourth-order valence-electron chi connectivity index (χ4n) is 4.72. The molecular weight excluding hydrogens is 346 g/mol. The van der Waals surface area contributed by atoms with Crippen molar-refractivity contribution in [2.75, 3.05) is 26.2 Å². The minimum Gasteiger partial charge on any atom is -0.479 e. The van der Waals surface area contributed by atoms with Crippen LogP contribution in [0.2, 0.25) is 0 Å². The zero-order valence-electron chi connectivity index (χ0n) is 15.3. The van der Waals surface area contributed by atoms with Gasteiger partial charge in [-0.05, 0) is 62.7 Å². The van der Waals surface area contributed by atoms with Crippen molar-refractivity contribution in [2.24, 2.45) is 11.8 Å². The predicted molar refractivity (Wildman–Crippen MR) is 98.3 cm³/mol. The normalized spacial score (nSPS) is 25.5. The molecule has 3 heterocycles. The number of carboxylic acids is 1. The number of hydrogen-bond acceptors (Lipinski definition) is 5. The Hall–Kier alpha value is -2.25. The van der Waals surface area contributed by atoms with Crippen molar-refractivity contribution in [3.05, 3.63) is 35.4 Å². The first-order chi connectivity index (χ1) is 13.1. The van der Waals surface area contributed by atoms with E-state index in [1.807, 2.05) is 0 Å². The Labute approximate surface area is 158 Å². The fraction of sp³-hybridized carbons (Fsp3) is 0.550. The monoisotopic (exact) mass is 371 g/mol. The van der Waals surface area contributed by atoms with Crippen molar-refractivity contribution >= 4 is 17.7 Å². The zero-order valence-corrected chi connectivity index (χ0v) is 15.3. The predicted octanol–water partition coefficient (Wildman–Crippen LogP) is 1.40. The van der Waals surface area contributed by atoms with Gasteiger partial charge in [0.25, 0.3) is 5.91 Å². The maximum Gasteiger partial charge on any atom is 0.336 e. The van der Waals surface area contributed by atoms with Gasteiger partial charge in [0.05, 0.1) is 0 Å². The number of Topliss-reactive ketones (excluding diaryl/α,β-unsaturated/α-hetero) is 1. The first-order valence-electron chi connectivity index (χ1n) is 9.72. The topological polar surface area (TPSA) is 89.9 Å². The van der Waals surface area contributed by atoms with E-state index in [-0.39, 0.29) is 5.56 Å². The lowest BCUT2D eigenvalue weighted by molar-refractivity contribution is -0.147. The number of fused-ring (bicyclic) bond motifs is 2. The molecule has 0 radical (unpaired) electrons. The van der Waals surface area contributed by atoms with E-state index >= 15 is 0 Å². The summed E-state index contributed by atoms with van der Waals surface area (Å²) < 4.78 is 0. The molecule has 3 aliphatic rings. The van der Waals surface area contributed by atoms with E-state index in [0.717, 1.165) is 25.9 Å². The summed E-state index contributed by atoms with van der Waals surface area (Å²) in [5, 5.41) is 16.1. The zero-order chi connectivity index (χ0) is 19.0. The number of aliphatic carboxylic acids is 1. The number of hydrazine groups is 1. The molecule has 4 rings (SSSR count). The van der Waals surface area contributed by atoms with Crippen LogP contribution < -0.4 is 5.32 Å². The van der Waals surface area contributed by atoms with Gasteiger partial charge in [-0.25, -0.2) is 14.8 Å². The molecule has 144 valence electrons. The number of carbonyl (C=O) groups excluding carboxylic acids is 2. The molecule has 1 atom stereocenters. The summed E-state index contributed by atoms with van der Waals surface area (Å²) in [6.45, 7) is 3.32. The van der Waals surface area contributed by atoms with Crippen LogP contribution in [0.3, 0.4) is 0 Å². The molecule has 7 heteroatoms. The Morgan fingerprint density at radius 2 is 1.63 bits per heavy atom. The third-order valence-electron chi connectivity index (χ3n) is 6.20. The van der Waals surface area contributed by atoms with Crippen LogP contribution in [0.1, 0.15) is 46.4 Å². The molecule has 0 saturated carbocycles. The molecule has 0 spiro atoms. The number of piperidine rings is 2. The molecule has 2 N–H and O–H groups in total. The highest BCUT2D eigenvalue weighted by atomic mass is 16.4. The van der Waals surface area contributed by atoms with E-state index < -0.39 is 23.7 Å². The molecule has 27 heavy (non-hydrogen) atoms. The number of nitrogens with zero attached hydrogens (tertiary/aromatic N) is 2. The van der Waals surface area contributed by atoms with Crippen LogP contribution in [0, 0.1) is 11.8 Å². The molecular formula is C20H25N3O4. The van der Waals surface area contributed by atoms with Crippen molar-refractivity contribution in [1.29, 1.82) is 0 Å². The highest BCUT2D eigenvalue weighted by Crippen LogP contribution is 2.32. The van der Waals surface area contributed by atoms with Crippen molar-refractivity contribution in [2.45, 2.75) is 31.7 Å². The van der Waals surface area contributed by atoms with Crippen molar-refractivity contribution in [3.63, 3.8) is 0 Å². The van der Waals surface area contributed by atoms with E-state index in [1.54, 1.807) is 23.2 Å². The summed E-state index contributed by atoms with van der Waals surface area (Å²) in [6.07, 6.45) is 4.20. The number of benzene rings is 1. The number of nitrogens with one attached hydrogen (secondary N) is 1. The highest BCUT2D eigenvalue weighted by Gasteiger charge is 2.43. The molecule has 3 aliphatic heterocycles. The lowest BCUT2D eigenvalue weighted by atomic mass is 9.79. The highest BCUT2D eigenvalue weighted by molar-refractivity contribution is 6.16. The summed E-state index contributed by atoms with van der Waals surface area (Å²) >= 11 is 0. The molecule has 2 saturated heterocycles. The summed E-state index contributed by atoms with van der Waals surface area (Å²) in [5.74, 6) is -0.923. The van der Waals surface area contributed by atoms with E-state index in [1.165, 1.54) is 23.9 Å². The summed E-state index contributed by atoms with van der Waals surface area (Å²) in [4.78, 5) is 37.7. The molecule has 2 bridgehead atoms. The summed E-state index contributed by atoms with van der Waals surface area (Å²) in [6, 6.07) is 4.85. The molecule has 1 aromatic carbocycles. The van der Waals surface area contributed by atoms with Crippen LogP contribution in [-0.2, 0) is 4.79 Å². The van der Waals surface area contributed by atoms with Crippen molar-refractivity contribution < 1.29 is 19.5 Å². The standard InChI is InChI=1S/C20H25N3O4/c24-18-15-2-1-3-16(12-15)19(25)23(17(18)20(26)27)22-10-6-14(7-11-22)13-4-8-21-9-5-13/h1-3,12-14,17,21H,4-11H2,(H,26,27)/t17-/m0/s1. The Morgan fingerprint density at radius 1 is 1.00 bits per heavy atom. The van der Waals surface area contributed by atoms with Gasteiger partial charge in [0.1, 0.15) is 0 Å². The van der Waals surface area contributed by atoms with Crippen LogP contribution in [-0.4, -0.2) is 65.0 Å². The molecule has 1 amide bonds. The number of ketones is 1. The molecule has 0 aliphatic carbocycles. The average Bonchev–Trinajstić information content (AvgIpc) is 2.78. The average molecular weight is 371 g/mol. The molecule has 0 aromatic heterocycles. The van der Waals surface area contributed by atoms with Gasteiger partial charge in [-0.1, -0.05) is 12.1 Å². The Kier molecular flexibility index (Phi) is 4.97. The van der Waals surface area contributed by atoms with Gasteiger partial charge < -0.3 is 10.4 Å². The van der Waals surface area contributed by atoms with Crippen molar-refractivity contribution in [3.8, 4) is 0 Å². The largest absolute Gasteiger partial charge is 0.479 e. The lowest BCUT2D eigenvalue weighted by Gasteiger charge is -2.43. The third-order valence-corrected chi connectivity index (χ3v) is 6.20. The molecule has 7 nitrogen and oxygen atoms in total. The van der Waals surface area contributed by atoms with Crippen molar-refractivity contribution in [1.82, 2.24) is 15.3 Å². The Balaban J connectivity index is 1.55. The Bertz CT molecular complexity index is 751. The fourth-order valence-corrected chi connectivity index (χ4v) is 4.72. The maximum atomic E-state index is 13.0. The van der Waals surface area contributed by atoms with Gasteiger partial charge in [0.15, 0.2) is 5.78 Å². The first kappa shape index (κ1) is 18.1. The molecule has 0 unspecified atom stereocenters. The number of carbonyl (C=O) groups is 3. The maximum absolute atomic E-state index is 13.0. The second-order valence-corrected chi connectivity index (χ2v) is 7.71. The number of rotatable bonds is 3. The quantitative estimate of drug-likeness (QED) is 0.781. The van der Waals surface area contributed by atoms with Crippen LogP contribution >= 0.6 is 0 Å². The van der Waals surface area contributed by atoms with Crippen LogP contribution in [0.15, 0.2) is 24.3 Å². The number of amides is 1. The summed E-state index contributed by atoms with van der Waals surface area (Å²) in [7, 11) is 0. The minimum atomic E-state index is -1.49. The summed E-state index contributed by atoms with van der Waals surface area (Å²) in [5.41, 5.74) is 0.644. The van der Waals surface area contributed by atoms with Crippen LogP contribution in [0.4, 0.5) is 0 Å². The Morgan fingerprint density at radius 3 is 2.30 bits per heavy atom. The third kappa shape index (κ3) is 3.37. The van der Waals surface area contributed by atoms with Gasteiger partial charge in [-0.3, -0.25) is 9.59 Å². The molecule has 1 aromatic rings. The SMILES string of the molecule is O=C(O)[C@@H]1C(=O)c2cccc(c2)C(=O)N1N1CCC(C2CCNCC2)CC1. The first-order valence-corrected chi connectivity index (χ1v) is 9.72. The number of hydrogen-bond donors (Lipinski definition) is 2. The van der Waals surface area contributed by atoms with Crippen LogP contribution in [0.5, 0.6) is 0 Å². The van der Waals surface area contributed by atoms with E-state index in [4.69, 9.17) is 0 Å². The second kappa shape index (κ2) is 7.40. The van der Waals surface area contributed by atoms with E-state index in [9.17, 15) is 19.5 Å². The van der Waals surface area contributed by atoms with Gasteiger partial charge in [-0.2, -0.15) is 0 Å². The molecule has 2 fully saturated rings. The minimum absolute atomic E-state index is 0.278. The van der Waals surface area contributed by atoms with Gasteiger partial charge >= 0.3 is 5.97 Å². The van der Waals surface area contributed by atoms with Gasteiger partial charge in [0, 0.05) is 24.2 Å². The van der Waals surface area contributed by atoms with E-state index in [2.05, 4.69) is 5.32 Å². The van der Waals surface area contributed by atoms with Gasteiger partial charge in [-0.15, -0.1) is 0 Å².